The molecule has 0 aliphatic rings. The molecule has 0 spiro atoms. The molecule has 92 valence electrons. The molecule has 0 radical (unpaired) electrons. The average Bonchev–Trinajstić information content (AvgIpc) is 0.722. The van der Waals surface area contributed by atoms with Crippen LogP contribution in [0.15, 0.2) is 0 Å². The third-order valence-corrected chi connectivity index (χ3v) is 0. The fraction of sp³-hybridized carbons (Fsp3) is 0. The van der Waals surface area contributed by atoms with Crippen molar-refractivity contribution in [3.05, 3.63) is 0 Å². The van der Waals surface area contributed by atoms with E-state index in [0.29, 0.717) is 0 Å². The van der Waals surface area contributed by atoms with E-state index in [2.05, 4.69) is 0 Å². The van der Waals surface area contributed by atoms with E-state index in [0.717, 1.165) is 0 Å². The molecule has 0 amide bonds. The first-order valence-corrected chi connectivity index (χ1v) is 2.19. The maximum absolute atomic E-state index is 8.55. The topological polar surface area (TPSA) is 275 Å². The van der Waals surface area contributed by atoms with Crippen LogP contribution in [0.2, 0.25) is 0 Å². The third kappa shape index (κ3) is 205. The van der Waals surface area contributed by atoms with Crippen molar-refractivity contribution < 1.29 is 206 Å². The second-order valence-electron chi connectivity index (χ2n) is 0.447. The zero-order valence-electron chi connectivity index (χ0n) is 8.08. The van der Waals surface area contributed by atoms with Gasteiger partial charge in [0.2, 0.25) is 0 Å². The van der Waals surface area contributed by atoms with Crippen LogP contribution < -0.4 is 169 Å². The summed E-state index contributed by atoms with van der Waals surface area (Å²) in [5, 5.41) is 0. The average molecular weight is 399 g/mol. The Balaban J connectivity index is -0.00000000121. The van der Waals surface area contributed by atoms with Crippen LogP contribution in [0.1, 0.15) is 0 Å². The van der Waals surface area contributed by atoms with Gasteiger partial charge >= 0.3 is 223 Å². The van der Waals surface area contributed by atoms with Crippen molar-refractivity contribution in [2.24, 2.45) is 0 Å². The van der Waals surface area contributed by atoms with E-state index >= 15 is 0 Å². The van der Waals surface area contributed by atoms with Gasteiger partial charge in [0.1, 0.15) is 0 Å². The van der Waals surface area contributed by atoms with E-state index in [1.165, 1.54) is 0 Å². The van der Waals surface area contributed by atoms with Crippen molar-refractivity contribution in [1.82, 2.24) is 0 Å². The van der Waals surface area contributed by atoms with Gasteiger partial charge in [-0.15, -0.1) is 0 Å². The van der Waals surface area contributed by atoms with E-state index in [-0.39, 0.29) is 256 Å². The third-order valence-electron chi connectivity index (χ3n) is 0. The summed E-state index contributed by atoms with van der Waals surface area (Å²) in [5.74, 6) is 0. The maximum Gasteiger partial charge on any atom is 1.00 e. The summed E-state index contributed by atoms with van der Waals surface area (Å²) in [7, 11) is -5.39. The van der Waals surface area contributed by atoms with Gasteiger partial charge in [-0.2, -0.15) is 7.82 Å². The molecule has 0 aromatic rings. The van der Waals surface area contributed by atoms with Gasteiger partial charge in [-0.25, -0.2) is 0 Å². The van der Waals surface area contributed by atoms with E-state index in [1.54, 1.807) is 0 Å². The van der Waals surface area contributed by atoms with Gasteiger partial charge in [-0.05, 0) is 0 Å². The molecule has 0 saturated carbocycles. The monoisotopic (exact) mass is 398 g/mol. The quantitative estimate of drug-likeness (QED) is 0.283. The molecule has 0 rings (SSSR count). The summed E-state index contributed by atoms with van der Waals surface area (Å²) < 4.78 is 8.55. The molecule has 0 unspecified atom stereocenters. The minimum atomic E-state index is -5.39. The minimum Gasteiger partial charge on any atom is -0.822 e. The Morgan fingerprint density at radius 1 is 0.529 bits per heavy atom. The van der Waals surface area contributed by atoms with Crippen LogP contribution in [0.4, 0.5) is 0 Å². The standard InChI is InChI=1S/3K.3Mg.H3O4P.6H2O.6H/c;;;;;;1-5(2,3)4;;;;;;;;;;;;/h;;;;;;(H3,1,2,3,4);6*1H2;;;;;;/q3*+1;;;;;;;;;;;;;;;;/p-3. The SMILES string of the molecule is O.O.O.O.O.O.O=P([O-])([O-])[O-].[K+].[K+].[K+].[MgH2].[MgH2].[MgH2]. The Hall–Kier alpha value is 7.08. The predicted octanol–water partition coefficient (Wildman–Crippen LogP) is -19.5. The summed E-state index contributed by atoms with van der Waals surface area (Å²) in [6, 6.07) is 0. The zero-order chi connectivity index (χ0) is 4.50. The Labute approximate surface area is 275 Å². The molecular weight excluding hydrogens is 381 g/mol. The van der Waals surface area contributed by atoms with Crippen molar-refractivity contribution >= 4 is 77.0 Å². The molecule has 0 saturated heterocycles. The fourth-order valence-electron chi connectivity index (χ4n) is 0. The van der Waals surface area contributed by atoms with Crippen molar-refractivity contribution in [3.8, 4) is 0 Å². The van der Waals surface area contributed by atoms with Gasteiger partial charge < -0.3 is 52.1 Å². The van der Waals surface area contributed by atoms with Gasteiger partial charge in [0, 0.05) is 0 Å². The summed E-state index contributed by atoms with van der Waals surface area (Å²) in [6.45, 7) is 0. The largest absolute Gasteiger partial charge is 1.00 e. The molecule has 10 nitrogen and oxygen atoms in total. The van der Waals surface area contributed by atoms with Crippen molar-refractivity contribution in [1.29, 1.82) is 0 Å². The smallest absolute Gasteiger partial charge is 0.822 e. The van der Waals surface area contributed by atoms with Crippen LogP contribution in [0.5, 0.6) is 0 Å². The molecule has 0 aliphatic carbocycles. The Morgan fingerprint density at radius 2 is 0.529 bits per heavy atom. The molecule has 0 aliphatic heterocycles. The molecule has 17 heteroatoms. The second-order valence-corrected chi connectivity index (χ2v) is 1.34. The molecule has 0 fully saturated rings. The number of phosphoric acid groups is 1. The molecular formula is H18K3Mg3O10P. The van der Waals surface area contributed by atoms with Crippen molar-refractivity contribution in [2.75, 3.05) is 0 Å². The Kier molecular flexibility index (Phi) is 404. The Bertz CT molecular complexity index is 72.9. The number of rotatable bonds is 0. The van der Waals surface area contributed by atoms with Crippen molar-refractivity contribution in [2.45, 2.75) is 0 Å². The van der Waals surface area contributed by atoms with Gasteiger partial charge in [0.05, 0.1) is 0 Å². The van der Waals surface area contributed by atoms with Crippen molar-refractivity contribution in [3.63, 3.8) is 0 Å². The number of hydrogen-bond acceptors (Lipinski definition) is 4. The molecule has 0 bridgehead atoms. The molecule has 0 heterocycles. The van der Waals surface area contributed by atoms with Gasteiger partial charge in [-0.3, -0.25) is 0 Å². The molecule has 12 N–H and O–H groups in total. The summed E-state index contributed by atoms with van der Waals surface area (Å²) in [6.07, 6.45) is 0. The first-order chi connectivity index (χ1) is 2.00. The second kappa shape index (κ2) is 65.8. The van der Waals surface area contributed by atoms with E-state index in [4.69, 9.17) is 19.2 Å². The van der Waals surface area contributed by atoms with Crippen LogP contribution in [0, 0.1) is 0 Å². The Morgan fingerprint density at radius 3 is 0.529 bits per heavy atom. The summed E-state index contributed by atoms with van der Waals surface area (Å²) in [5.41, 5.74) is 0. The minimum absolute atomic E-state index is 0. The van der Waals surface area contributed by atoms with Crippen LogP contribution >= 0.6 is 7.82 Å². The fourth-order valence-corrected chi connectivity index (χ4v) is 0. The van der Waals surface area contributed by atoms with E-state index < -0.39 is 7.82 Å². The van der Waals surface area contributed by atoms with Crippen LogP contribution in [-0.2, 0) is 4.57 Å². The van der Waals surface area contributed by atoms with Gasteiger partial charge in [-0.1, -0.05) is 0 Å². The van der Waals surface area contributed by atoms with E-state index in [9.17, 15) is 0 Å². The molecule has 0 atom stereocenters. The number of hydrogen-bond donors (Lipinski definition) is 0. The molecule has 0 aromatic heterocycles. The van der Waals surface area contributed by atoms with Gasteiger partial charge in [0.25, 0.3) is 0 Å². The first-order valence-electron chi connectivity index (χ1n) is 0.730. The van der Waals surface area contributed by atoms with Crippen LogP contribution in [0.25, 0.3) is 0 Å². The van der Waals surface area contributed by atoms with E-state index in [1.807, 2.05) is 0 Å². The van der Waals surface area contributed by atoms with Gasteiger partial charge in [0.15, 0.2) is 0 Å². The summed E-state index contributed by atoms with van der Waals surface area (Å²) in [4.78, 5) is 25.6. The first kappa shape index (κ1) is 104. The maximum atomic E-state index is 8.55. The zero-order valence-corrected chi connectivity index (χ0v) is 18.3. The molecule has 17 heavy (non-hydrogen) atoms. The molecule has 0 aromatic carbocycles. The predicted molar refractivity (Wildman–Crippen MR) is 54.9 cm³/mol. The summed E-state index contributed by atoms with van der Waals surface area (Å²) >= 11 is 0. The normalized spacial score (nSPS) is 3.47. The van der Waals surface area contributed by atoms with Crippen LogP contribution in [-0.4, -0.2) is 102 Å². The van der Waals surface area contributed by atoms with Crippen LogP contribution in [0.3, 0.4) is 0 Å².